The van der Waals surface area contributed by atoms with E-state index in [0.29, 0.717) is 38.2 Å². The zero-order valence-corrected chi connectivity index (χ0v) is 30.4. The molecule has 0 radical (unpaired) electrons. The lowest BCUT2D eigenvalue weighted by molar-refractivity contribution is -0.131. The molecule has 2 fully saturated rings. The number of aryl methyl sites for hydroxylation is 2. The van der Waals surface area contributed by atoms with Gasteiger partial charge in [-0.3, -0.25) is 9.78 Å². The average molecular weight is 693 g/mol. The highest BCUT2D eigenvalue weighted by molar-refractivity contribution is 5.91. The summed E-state index contributed by atoms with van der Waals surface area (Å²) in [5.74, 6) is -0.334. The maximum atomic E-state index is 14.1. The van der Waals surface area contributed by atoms with Gasteiger partial charge in [0.2, 0.25) is 5.88 Å². The Balaban J connectivity index is 1.37. The molecule has 51 heavy (non-hydrogen) atoms. The van der Waals surface area contributed by atoms with Crippen molar-refractivity contribution < 1.29 is 13.9 Å². The lowest BCUT2D eigenvalue weighted by Crippen LogP contribution is -2.55. The maximum absolute atomic E-state index is 14.1. The Morgan fingerprint density at radius 2 is 1.82 bits per heavy atom. The number of likely N-dealkylation sites (N-methyl/N-ethyl adjacent to an activating group) is 2. The van der Waals surface area contributed by atoms with Gasteiger partial charge in [0, 0.05) is 80.6 Å². The number of pyridine rings is 2. The highest BCUT2D eigenvalue weighted by Gasteiger charge is 2.37. The summed E-state index contributed by atoms with van der Waals surface area (Å²) >= 11 is 0. The third-order valence-corrected chi connectivity index (χ3v) is 11.4. The van der Waals surface area contributed by atoms with Crippen LogP contribution in [-0.4, -0.2) is 103 Å². The Morgan fingerprint density at radius 1 is 1.00 bits per heavy atom. The van der Waals surface area contributed by atoms with Crippen molar-refractivity contribution >= 4 is 17.4 Å². The molecule has 3 aromatic rings. The number of fused-ring (bicyclic) bond motifs is 2. The second-order valence-electron chi connectivity index (χ2n) is 14.7. The van der Waals surface area contributed by atoms with Gasteiger partial charge in [0.05, 0.1) is 24.1 Å². The van der Waals surface area contributed by atoms with Crippen LogP contribution in [0.5, 0.6) is 5.88 Å². The molecule has 10 nitrogen and oxygen atoms in total. The summed E-state index contributed by atoms with van der Waals surface area (Å²) in [7, 11) is 4.34. The molecule has 2 atom stereocenters. The van der Waals surface area contributed by atoms with Crippen molar-refractivity contribution in [3.05, 3.63) is 76.4 Å². The molecule has 11 heteroatoms. The van der Waals surface area contributed by atoms with Crippen LogP contribution in [0.3, 0.4) is 0 Å². The number of aromatic nitrogens is 2. The second kappa shape index (κ2) is 14.6. The Bertz CT molecular complexity index is 1850. The molecule has 0 unspecified atom stereocenters. The van der Waals surface area contributed by atoms with Crippen LogP contribution >= 0.6 is 0 Å². The standard InChI is InChI=1S/C40H49FN8O2/c1-26-12-16-43-28(3)36(26)37-34-24-47(35-10-6-8-29-22-45(4)18-13-32(29)35)19-14-33(34)38(44-39(37)51-25-31-9-7-17-46(31)5)48-20-21-49(40(50)27(2)41)30(23-48)11-15-42/h6,8,10,12,16,30-31H,2,7,9,11,13-14,17-25H2,1,3-5H3/t30-,31-/m0/s1. The number of hydrogen-bond acceptors (Lipinski definition) is 9. The van der Waals surface area contributed by atoms with Crippen LogP contribution in [0.4, 0.5) is 15.9 Å². The lowest BCUT2D eigenvalue weighted by Gasteiger charge is -2.43. The molecule has 7 rings (SSSR count). The van der Waals surface area contributed by atoms with E-state index >= 15 is 0 Å². The number of nitriles is 1. The lowest BCUT2D eigenvalue weighted by atomic mass is 9.88. The third kappa shape index (κ3) is 6.79. The zero-order valence-electron chi connectivity index (χ0n) is 30.4. The second-order valence-corrected chi connectivity index (χ2v) is 14.7. The highest BCUT2D eigenvalue weighted by Crippen LogP contribution is 2.45. The van der Waals surface area contributed by atoms with E-state index in [-0.39, 0.29) is 13.0 Å². The molecule has 4 aliphatic rings. The number of benzene rings is 1. The maximum Gasteiger partial charge on any atom is 0.282 e. The molecule has 0 aliphatic carbocycles. The summed E-state index contributed by atoms with van der Waals surface area (Å²) in [5.41, 5.74) is 10.5. The molecule has 2 saturated heterocycles. The summed E-state index contributed by atoms with van der Waals surface area (Å²) in [4.78, 5) is 33.8. The molecule has 0 spiro atoms. The smallest absolute Gasteiger partial charge is 0.282 e. The Kier molecular flexibility index (Phi) is 9.99. The molecule has 4 aliphatic heterocycles. The Hall–Kier alpha value is -4.53. The number of anilines is 2. The van der Waals surface area contributed by atoms with Crippen LogP contribution in [0, 0.1) is 25.2 Å². The fraction of sp³-hybridized carbons (Fsp3) is 0.500. The molecule has 6 heterocycles. The van der Waals surface area contributed by atoms with Crippen molar-refractivity contribution in [3.8, 4) is 23.1 Å². The minimum Gasteiger partial charge on any atom is -0.475 e. The van der Waals surface area contributed by atoms with Gasteiger partial charge in [0.15, 0.2) is 5.83 Å². The summed E-state index contributed by atoms with van der Waals surface area (Å²) in [5, 5.41) is 9.72. The molecular weight excluding hydrogens is 643 g/mol. The average Bonchev–Trinajstić information content (AvgIpc) is 3.54. The minimum atomic E-state index is -1.00. The van der Waals surface area contributed by atoms with Crippen LogP contribution in [-0.2, 0) is 30.7 Å². The number of hydrogen-bond donors (Lipinski definition) is 0. The molecule has 0 N–H and O–H groups in total. The van der Waals surface area contributed by atoms with Crippen LogP contribution in [0.2, 0.25) is 0 Å². The molecule has 0 saturated carbocycles. The number of carbonyl (C=O) groups is 1. The summed E-state index contributed by atoms with van der Waals surface area (Å²) < 4.78 is 20.9. The largest absolute Gasteiger partial charge is 0.475 e. The van der Waals surface area contributed by atoms with Crippen LogP contribution in [0.15, 0.2) is 42.9 Å². The molecule has 268 valence electrons. The monoisotopic (exact) mass is 692 g/mol. The number of carbonyl (C=O) groups excluding carboxylic acids is 1. The molecule has 2 aromatic heterocycles. The van der Waals surface area contributed by atoms with Gasteiger partial charge in [-0.2, -0.15) is 10.2 Å². The summed E-state index contributed by atoms with van der Waals surface area (Å²) in [6.07, 6.45) is 5.94. The topological polar surface area (TPSA) is 92.1 Å². The van der Waals surface area contributed by atoms with E-state index in [1.165, 1.54) is 27.3 Å². The number of likely N-dealkylation sites (tertiary alicyclic amines) is 1. The van der Waals surface area contributed by atoms with Crippen molar-refractivity contribution in [1.29, 1.82) is 5.26 Å². The van der Waals surface area contributed by atoms with Gasteiger partial charge in [0.1, 0.15) is 12.4 Å². The predicted octanol–water partition coefficient (Wildman–Crippen LogP) is 5.20. The van der Waals surface area contributed by atoms with E-state index < -0.39 is 17.8 Å². The van der Waals surface area contributed by atoms with E-state index in [1.54, 1.807) is 0 Å². The van der Waals surface area contributed by atoms with Gasteiger partial charge < -0.3 is 29.2 Å². The van der Waals surface area contributed by atoms with Crippen LogP contribution in [0.25, 0.3) is 11.1 Å². The van der Waals surface area contributed by atoms with Crippen molar-refractivity contribution in [2.45, 2.75) is 71.1 Å². The zero-order chi connectivity index (χ0) is 35.8. The summed E-state index contributed by atoms with van der Waals surface area (Å²) in [6.45, 7) is 13.6. The summed E-state index contributed by atoms with van der Waals surface area (Å²) in [6, 6.07) is 10.8. The fourth-order valence-electron chi connectivity index (χ4n) is 8.63. The SMILES string of the molecule is C=C(F)C(=O)N1CCN(c2nc(OC[C@@H]3CCCN3C)c(-c3c(C)ccnc3C)c3c2CCN(c2cccc4c2CCN(C)C4)C3)C[C@@H]1CC#N. The van der Waals surface area contributed by atoms with Gasteiger partial charge in [-0.25, -0.2) is 4.39 Å². The molecule has 1 aromatic carbocycles. The molecule has 1 amide bonds. The highest BCUT2D eigenvalue weighted by atomic mass is 19.1. The van der Waals surface area contributed by atoms with E-state index in [1.807, 2.05) is 6.20 Å². The van der Waals surface area contributed by atoms with E-state index in [9.17, 15) is 14.4 Å². The first-order valence-electron chi connectivity index (χ1n) is 18.3. The van der Waals surface area contributed by atoms with Crippen molar-refractivity contribution in [2.75, 3.05) is 69.8 Å². The molecular formula is C40H49FN8O2. The van der Waals surface area contributed by atoms with Crippen molar-refractivity contribution in [1.82, 2.24) is 24.7 Å². The number of piperazine rings is 1. The van der Waals surface area contributed by atoms with Gasteiger partial charge in [-0.05, 0) is 94.6 Å². The van der Waals surface area contributed by atoms with Gasteiger partial charge in [0.25, 0.3) is 5.91 Å². The van der Waals surface area contributed by atoms with Gasteiger partial charge in [-0.1, -0.05) is 18.7 Å². The van der Waals surface area contributed by atoms with E-state index in [4.69, 9.17) is 14.7 Å². The van der Waals surface area contributed by atoms with Gasteiger partial charge >= 0.3 is 0 Å². The van der Waals surface area contributed by atoms with E-state index in [0.717, 1.165) is 85.6 Å². The first-order valence-corrected chi connectivity index (χ1v) is 18.3. The number of nitrogens with zero attached hydrogens (tertiary/aromatic N) is 8. The fourth-order valence-corrected chi connectivity index (χ4v) is 8.63. The first-order chi connectivity index (χ1) is 24.6. The predicted molar refractivity (Wildman–Crippen MR) is 198 cm³/mol. The number of ether oxygens (including phenoxy) is 1. The molecule has 0 bridgehead atoms. The van der Waals surface area contributed by atoms with Crippen LogP contribution < -0.4 is 14.5 Å². The number of rotatable bonds is 8. The quantitative estimate of drug-likeness (QED) is 0.296. The van der Waals surface area contributed by atoms with Crippen molar-refractivity contribution in [2.24, 2.45) is 0 Å². The normalized spacial score (nSPS) is 20.9. The first kappa shape index (κ1) is 34.9. The Morgan fingerprint density at radius 3 is 2.57 bits per heavy atom. The van der Waals surface area contributed by atoms with Crippen molar-refractivity contribution in [3.63, 3.8) is 0 Å². The van der Waals surface area contributed by atoms with Crippen LogP contribution in [0.1, 0.15) is 52.8 Å². The van der Waals surface area contributed by atoms with Gasteiger partial charge in [-0.15, -0.1) is 0 Å². The minimum absolute atomic E-state index is 0.0866. The Labute approximate surface area is 301 Å². The number of halogens is 1. The third-order valence-electron chi connectivity index (χ3n) is 11.4. The van der Waals surface area contributed by atoms with E-state index in [2.05, 4.69) is 84.5 Å². The number of amides is 1.